The summed E-state index contributed by atoms with van der Waals surface area (Å²) in [6.07, 6.45) is 0.784. The molecule has 0 atom stereocenters. The number of nitrogens with zero attached hydrogens (tertiary/aromatic N) is 2. The van der Waals surface area contributed by atoms with Gasteiger partial charge in [0.05, 0.1) is 17.1 Å². The smallest absolute Gasteiger partial charge is 0.326 e. The van der Waals surface area contributed by atoms with E-state index in [0.717, 1.165) is 28.7 Å². The number of aryl methyl sites for hydroxylation is 1. The van der Waals surface area contributed by atoms with Gasteiger partial charge in [-0.15, -0.1) is 0 Å². The minimum Gasteiger partial charge on any atom is -0.454 e. The van der Waals surface area contributed by atoms with Gasteiger partial charge < -0.3 is 20.4 Å². The number of hydrogen-bond acceptors (Lipinski definition) is 5. The van der Waals surface area contributed by atoms with Crippen molar-refractivity contribution in [2.75, 3.05) is 6.61 Å². The number of nitrogens with two attached hydrogens (primary N) is 1. The largest absolute Gasteiger partial charge is 0.454 e. The van der Waals surface area contributed by atoms with E-state index in [1.165, 1.54) is 0 Å². The van der Waals surface area contributed by atoms with Gasteiger partial charge in [0.1, 0.15) is 6.54 Å². The van der Waals surface area contributed by atoms with Crippen molar-refractivity contribution in [3.8, 4) is 0 Å². The van der Waals surface area contributed by atoms with E-state index >= 15 is 0 Å². The highest BCUT2D eigenvalue weighted by molar-refractivity contribution is 6.03. The lowest BCUT2D eigenvalue weighted by Gasteiger charge is -2.13. The summed E-state index contributed by atoms with van der Waals surface area (Å²) in [6.45, 7) is 5.10. The SMILES string of the molecule is CCc1cc2ccccc2n1CC(=O)OCC(=O)NC(C(C)=Nc1ccccc1)=C(C)N. The molecule has 1 heterocycles. The molecule has 3 N–H and O–H groups in total. The molecule has 0 fully saturated rings. The van der Waals surface area contributed by atoms with Gasteiger partial charge in [-0.2, -0.15) is 0 Å². The van der Waals surface area contributed by atoms with Crippen LogP contribution in [0.25, 0.3) is 10.9 Å². The highest BCUT2D eigenvalue weighted by Gasteiger charge is 2.15. The maximum absolute atomic E-state index is 12.4. The third-order valence-corrected chi connectivity index (χ3v) is 4.98. The molecule has 7 heteroatoms. The van der Waals surface area contributed by atoms with Crippen LogP contribution in [-0.4, -0.2) is 28.8 Å². The number of rotatable bonds is 8. The van der Waals surface area contributed by atoms with E-state index in [1.807, 2.05) is 66.1 Å². The first-order valence-electron chi connectivity index (χ1n) is 10.5. The molecule has 0 aliphatic heterocycles. The average Bonchev–Trinajstić information content (AvgIpc) is 3.14. The Morgan fingerprint density at radius 2 is 1.75 bits per heavy atom. The summed E-state index contributed by atoms with van der Waals surface area (Å²) >= 11 is 0. The van der Waals surface area contributed by atoms with Crippen LogP contribution >= 0.6 is 0 Å². The molecule has 0 radical (unpaired) electrons. The van der Waals surface area contributed by atoms with Crippen molar-refractivity contribution in [3.05, 3.63) is 77.8 Å². The molecular formula is C25H28N4O3. The Balaban J connectivity index is 1.62. The molecule has 0 saturated carbocycles. The van der Waals surface area contributed by atoms with E-state index in [1.54, 1.807) is 13.8 Å². The highest BCUT2D eigenvalue weighted by Crippen LogP contribution is 2.20. The predicted octanol–water partition coefficient (Wildman–Crippen LogP) is 3.85. The minimum absolute atomic E-state index is 0.0388. The average molecular weight is 433 g/mol. The first-order chi connectivity index (χ1) is 15.4. The summed E-state index contributed by atoms with van der Waals surface area (Å²) in [5.74, 6) is -0.963. The maximum Gasteiger partial charge on any atom is 0.326 e. The van der Waals surface area contributed by atoms with E-state index in [4.69, 9.17) is 10.5 Å². The van der Waals surface area contributed by atoms with E-state index in [9.17, 15) is 9.59 Å². The van der Waals surface area contributed by atoms with Crippen LogP contribution < -0.4 is 11.1 Å². The molecule has 3 rings (SSSR count). The quantitative estimate of drug-likeness (QED) is 0.417. The Hall–Kier alpha value is -3.87. The van der Waals surface area contributed by atoms with Crippen LogP contribution in [0.2, 0.25) is 0 Å². The number of benzene rings is 2. The van der Waals surface area contributed by atoms with Crippen molar-refractivity contribution in [1.82, 2.24) is 9.88 Å². The fraction of sp³-hybridized carbons (Fsp3) is 0.240. The zero-order valence-electron chi connectivity index (χ0n) is 18.6. The molecule has 32 heavy (non-hydrogen) atoms. The van der Waals surface area contributed by atoms with Crippen LogP contribution in [0, 0.1) is 0 Å². The number of allylic oxidation sites excluding steroid dienone is 2. The molecule has 0 bridgehead atoms. The number of carbonyl (C=O) groups is 2. The number of carbonyl (C=O) groups excluding carboxylic acids is 2. The first-order valence-corrected chi connectivity index (χ1v) is 10.5. The number of nitrogens with one attached hydrogen (secondary N) is 1. The number of ether oxygens (including phenoxy) is 1. The van der Waals surface area contributed by atoms with Gasteiger partial charge in [-0.25, -0.2) is 0 Å². The number of esters is 1. The molecule has 1 amide bonds. The maximum atomic E-state index is 12.4. The van der Waals surface area contributed by atoms with Crippen LogP contribution in [0.4, 0.5) is 5.69 Å². The Labute approximate surface area is 187 Å². The van der Waals surface area contributed by atoms with Crippen LogP contribution in [0.1, 0.15) is 26.5 Å². The van der Waals surface area contributed by atoms with Crippen molar-refractivity contribution >= 4 is 34.2 Å². The molecule has 7 nitrogen and oxygen atoms in total. The Kier molecular flexibility index (Phi) is 7.44. The van der Waals surface area contributed by atoms with Crippen molar-refractivity contribution in [1.29, 1.82) is 0 Å². The van der Waals surface area contributed by atoms with E-state index < -0.39 is 18.5 Å². The number of fused-ring (bicyclic) bond motifs is 1. The number of hydrogen-bond donors (Lipinski definition) is 2. The van der Waals surface area contributed by atoms with Gasteiger partial charge >= 0.3 is 5.97 Å². The van der Waals surface area contributed by atoms with Crippen molar-refractivity contribution in [2.45, 2.75) is 33.7 Å². The number of amides is 1. The van der Waals surface area contributed by atoms with Gasteiger partial charge in [0, 0.05) is 16.9 Å². The van der Waals surface area contributed by atoms with Crippen LogP contribution in [-0.2, 0) is 27.3 Å². The monoisotopic (exact) mass is 432 g/mol. The van der Waals surface area contributed by atoms with Crippen molar-refractivity contribution < 1.29 is 14.3 Å². The lowest BCUT2D eigenvalue weighted by atomic mass is 10.2. The second-order valence-electron chi connectivity index (χ2n) is 7.43. The molecule has 0 saturated heterocycles. The Bertz CT molecular complexity index is 1170. The Morgan fingerprint density at radius 3 is 2.44 bits per heavy atom. The molecule has 0 unspecified atom stereocenters. The second-order valence-corrected chi connectivity index (χ2v) is 7.43. The number of aliphatic imine (C=N–C) groups is 1. The normalized spacial score (nSPS) is 12.4. The standard InChI is InChI=1S/C25H28N4O3/c1-4-21-14-19-10-8-9-13-22(19)29(21)15-24(31)32-16-23(30)28-25(17(2)26)18(3)27-20-11-6-5-7-12-20/h5-14H,4,15-16,26H2,1-3H3,(H,28,30). The van der Waals surface area contributed by atoms with Crippen molar-refractivity contribution in [3.63, 3.8) is 0 Å². The van der Waals surface area contributed by atoms with Crippen LogP contribution in [0.15, 0.2) is 77.1 Å². The van der Waals surface area contributed by atoms with Gasteiger partial charge in [0.25, 0.3) is 5.91 Å². The lowest BCUT2D eigenvalue weighted by molar-refractivity contribution is -0.148. The van der Waals surface area contributed by atoms with E-state index in [0.29, 0.717) is 17.1 Å². The lowest BCUT2D eigenvalue weighted by Crippen LogP contribution is -2.33. The number of aromatic nitrogens is 1. The molecule has 0 aliphatic carbocycles. The molecule has 0 spiro atoms. The minimum atomic E-state index is -0.485. The summed E-state index contributed by atoms with van der Waals surface area (Å²) in [4.78, 5) is 29.3. The number of para-hydroxylation sites is 2. The van der Waals surface area contributed by atoms with E-state index in [2.05, 4.69) is 16.4 Å². The Morgan fingerprint density at radius 1 is 1.06 bits per heavy atom. The summed E-state index contributed by atoms with van der Waals surface area (Å²) < 4.78 is 7.15. The van der Waals surface area contributed by atoms with Gasteiger partial charge in [-0.3, -0.25) is 14.6 Å². The van der Waals surface area contributed by atoms with Gasteiger partial charge in [0.2, 0.25) is 0 Å². The third kappa shape index (κ3) is 5.63. The van der Waals surface area contributed by atoms with Gasteiger partial charge in [0.15, 0.2) is 6.61 Å². The fourth-order valence-electron chi connectivity index (χ4n) is 3.47. The molecular weight excluding hydrogens is 404 g/mol. The van der Waals surface area contributed by atoms with Gasteiger partial charge in [-0.1, -0.05) is 43.3 Å². The van der Waals surface area contributed by atoms with Crippen LogP contribution in [0.5, 0.6) is 0 Å². The molecule has 0 aliphatic rings. The predicted molar refractivity (Wildman–Crippen MR) is 127 cm³/mol. The van der Waals surface area contributed by atoms with Crippen molar-refractivity contribution in [2.24, 2.45) is 10.7 Å². The molecule has 3 aromatic rings. The third-order valence-electron chi connectivity index (χ3n) is 4.98. The highest BCUT2D eigenvalue weighted by atomic mass is 16.5. The zero-order valence-corrected chi connectivity index (χ0v) is 18.6. The van der Waals surface area contributed by atoms with E-state index in [-0.39, 0.29) is 6.54 Å². The second kappa shape index (κ2) is 10.4. The summed E-state index contributed by atoms with van der Waals surface area (Å²) in [7, 11) is 0. The molecule has 2 aromatic carbocycles. The van der Waals surface area contributed by atoms with Gasteiger partial charge in [-0.05, 0) is 49.9 Å². The topological polar surface area (TPSA) is 98.7 Å². The van der Waals surface area contributed by atoms with Crippen LogP contribution in [0.3, 0.4) is 0 Å². The first kappa shape index (κ1) is 22.8. The summed E-state index contributed by atoms with van der Waals surface area (Å²) in [5.41, 5.74) is 10.1. The summed E-state index contributed by atoms with van der Waals surface area (Å²) in [6, 6.07) is 19.3. The molecule has 166 valence electrons. The fourth-order valence-corrected chi connectivity index (χ4v) is 3.47. The summed E-state index contributed by atoms with van der Waals surface area (Å²) in [5, 5.41) is 3.77. The zero-order chi connectivity index (χ0) is 23.1. The molecule has 1 aromatic heterocycles.